The van der Waals surface area contributed by atoms with Gasteiger partial charge in [0, 0.05) is 25.0 Å². The van der Waals surface area contributed by atoms with Gasteiger partial charge in [0.2, 0.25) is 0 Å². The minimum atomic E-state index is -0.863. The lowest BCUT2D eigenvalue weighted by Crippen LogP contribution is -2.53. The summed E-state index contributed by atoms with van der Waals surface area (Å²) in [4.78, 5) is 12.9. The van der Waals surface area contributed by atoms with Crippen LogP contribution in [-0.2, 0) is 4.79 Å². The second-order valence-corrected chi connectivity index (χ2v) is 5.00. The molecule has 2 aliphatic rings. The van der Waals surface area contributed by atoms with Crippen molar-refractivity contribution < 1.29 is 15.0 Å². The quantitative estimate of drug-likeness (QED) is 0.737. The van der Waals surface area contributed by atoms with Gasteiger partial charge < -0.3 is 10.2 Å². The van der Waals surface area contributed by atoms with E-state index in [1.165, 1.54) is 0 Å². The Morgan fingerprint density at radius 2 is 2.31 bits per heavy atom. The first kappa shape index (κ1) is 11.4. The van der Waals surface area contributed by atoms with Gasteiger partial charge in [-0.1, -0.05) is 25.2 Å². The Bertz CT molecular complexity index is 355. The number of aliphatic carboxylic acids is 1. The first-order chi connectivity index (χ1) is 7.48. The maximum atomic E-state index is 10.7. The standard InChI is InChI=1S/C12H17NO3/c1-12(8-13-6-10(14)7-13)4-2-9(3-5-12)11(15)16/h2-4,10,14H,5-8H2,1H3,(H,15,16). The molecule has 1 heterocycles. The molecule has 0 aromatic rings. The fourth-order valence-corrected chi connectivity index (χ4v) is 2.23. The lowest BCUT2D eigenvalue weighted by Gasteiger charge is -2.41. The van der Waals surface area contributed by atoms with E-state index >= 15 is 0 Å². The van der Waals surface area contributed by atoms with Gasteiger partial charge >= 0.3 is 5.97 Å². The zero-order chi connectivity index (χ0) is 11.8. The molecule has 2 rings (SSSR count). The topological polar surface area (TPSA) is 60.8 Å². The molecular formula is C12H17NO3. The average molecular weight is 223 g/mol. The summed E-state index contributed by atoms with van der Waals surface area (Å²) in [5.41, 5.74) is 0.375. The van der Waals surface area contributed by atoms with Gasteiger partial charge in [-0.25, -0.2) is 4.79 Å². The smallest absolute Gasteiger partial charge is 0.335 e. The Kier molecular flexibility index (Phi) is 2.86. The molecule has 1 saturated heterocycles. The number of allylic oxidation sites excluding steroid dienone is 1. The van der Waals surface area contributed by atoms with E-state index in [1.807, 2.05) is 6.08 Å². The molecule has 1 fully saturated rings. The summed E-state index contributed by atoms with van der Waals surface area (Å²) in [5, 5.41) is 18.0. The number of aliphatic hydroxyl groups excluding tert-OH is 1. The van der Waals surface area contributed by atoms with Crippen LogP contribution in [-0.4, -0.2) is 46.8 Å². The average Bonchev–Trinajstić information content (AvgIpc) is 2.15. The molecule has 1 aliphatic heterocycles. The maximum absolute atomic E-state index is 10.7. The minimum Gasteiger partial charge on any atom is -0.478 e. The highest BCUT2D eigenvalue weighted by molar-refractivity contribution is 5.90. The number of hydrogen-bond acceptors (Lipinski definition) is 3. The molecule has 0 spiro atoms. The normalized spacial score (nSPS) is 31.0. The molecule has 1 aliphatic carbocycles. The second kappa shape index (κ2) is 4.03. The molecule has 1 unspecified atom stereocenters. The monoisotopic (exact) mass is 223 g/mol. The predicted octanol–water partition coefficient (Wildman–Crippen LogP) is 0.640. The van der Waals surface area contributed by atoms with Gasteiger partial charge in [-0.3, -0.25) is 4.90 Å². The summed E-state index contributed by atoms with van der Waals surface area (Å²) >= 11 is 0. The highest BCUT2D eigenvalue weighted by Gasteiger charge is 2.32. The van der Waals surface area contributed by atoms with Crippen LogP contribution in [0.5, 0.6) is 0 Å². The summed E-state index contributed by atoms with van der Waals surface area (Å²) in [5.74, 6) is -0.863. The Hall–Kier alpha value is -1.13. The number of nitrogens with zero attached hydrogens (tertiary/aromatic N) is 1. The van der Waals surface area contributed by atoms with Gasteiger partial charge in [-0.05, 0) is 6.42 Å². The van der Waals surface area contributed by atoms with E-state index in [2.05, 4.69) is 11.8 Å². The second-order valence-electron chi connectivity index (χ2n) is 5.00. The third-order valence-electron chi connectivity index (χ3n) is 3.22. The summed E-state index contributed by atoms with van der Waals surface area (Å²) in [6.07, 6.45) is 6.00. The van der Waals surface area contributed by atoms with Crippen molar-refractivity contribution in [2.24, 2.45) is 5.41 Å². The molecule has 4 nitrogen and oxygen atoms in total. The third kappa shape index (κ3) is 2.33. The number of rotatable bonds is 3. The highest BCUT2D eigenvalue weighted by Crippen LogP contribution is 2.31. The van der Waals surface area contributed by atoms with E-state index in [9.17, 15) is 9.90 Å². The summed E-state index contributed by atoms with van der Waals surface area (Å²) in [6, 6.07) is 0. The van der Waals surface area contributed by atoms with E-state index in [4.69, 9.17) is 5.11 Å². The van der Waals surface area contributed by atoms with Crippen molar-refractivity contribution in [2.45, 2.75) is 19.4 Å². The van der Waals surface area contributed by atoms with Crippen molar-refractivity contribution in [2.75, 3.05) is 19.6 Å². The van der Waals surface area contributed by atoms with E-state index in [-0.39, 0.29) is 11.5 Å². The van der Waals surface area contributed by atoms with Gasteiger partial charge in [0.15, 0.2) is 0 Å². The zero-order valence-corrected chi connectivity index (χ0v) is 9.39. The van der Waals surface area contributed by atoms with Crippen molar-refractivity contribution in [3.05, 3.63) is 23.8 Å². The lowest BCUT2D eigenvalue weighted by molar-refractivity contribution is -0.132. The van der Waals surface area contributed by atoms with Crippen molar-refractivity contribution in [3.63, 3.8) is 0 Å². The molecule has 16 heavy (non-hydrogen) atoms. The van der Waals surface area contributed by atoms with Crippen LogP contribution in [0.15, 0.2) is 23.8 Å². The molecular weight excluding hydrogens is 206 g/mol. The lowest BCUT2D eigenvalue weighted by atomic mass is 9.80. The van der Waals surface area contributed by atoms with Crippen molar-refractivity contribution in [1.29, 1.82) is 0 Å². The van der Waals surface area contributed by atoms with Crippen molar-refractivity contribution >= 4 is 5.97 Å². The SMILES string of the molecule is CC1(CN2CC(O)C2)C=CC(C(=O)O)=CC1. The van der Waals surface area contributed by atoms with Crippen LogP contribution in [0.4, 0.5) is 0 Å². The number of carboxylic acid groups (broad SMARTS) is 1. The molecule has 0 bridgehead atoms. The van der Waals surface area contributed by atoms with Crippen LogP contribution >= 0.6 is 0 Å². The van der Waals surface area contributed by atoms with Crippen molar-refractivity contribution in [1.82, 2.24) is 4.90 Å². The number of carboxylic acids is 1. The molecule has 0 aromatic heterocycles. The fourth-order valence-electron chi connectivity index (χ4n) is 2.23. The van der Waals surface area contributed by atoms with Crippen molar-refractivity contribution in [3.8, 4) is 0 Å². The Morgan fingerprint density at radius 1 is 1.62 bits per heavy atom. The number of likely N-dealkylation sites (tertiary alicyclic amines) is 1. The number of β-amino-alcohol motifs (C(OH)–C–C–N with tert-alkyl or cyclic N) is 1. The van der Waals surface area contributed by atoms with E-state index < -0.39 is 5.97 Å². The van der Waals surface area contributed by atoms with Crippen LogP contribution in [0.3, 0.4) is 0 Å². The van der Waals surface area contributed by atoms with Gasteiger partial charge in [0.05, 0.1) is 11.7 Å². The van der Waals surface area contributed by atoms with Crippen LogP contribution < -0.4 is 0 Å². The summed E-state index contributed by atoms with van der Waals surface area (Å²) in [7, 11) is 0. The van der Waals surface area contributed by atoms with Gasteiger partial charge in [-0.15, -0.1) is 0 Å². The van der Waals surface area contributed by atoms with E-state index in [0.717, 1.165) is 26.1 Å². The fraction of sp³-hybridized carbons (Fsp3) is 0.583. The highest BCUT2D eigenvalue weighted by atomic mass is 16.4. The number of aliphatic hydroxyl groups is 1. The molecule has 4 heteroatoms. The minimum absolute atomic E-state index is 0.000903. The number of hydrogen-bond donors (Lipinski definition) is 2. The molecule has 0 radical (unpaired) electrons. The first-order valence-corrected chi connectivity index (χ1v) is 5.52. The van der Waals surface area contributed by atoms with Crippen LogP contribution in [0, 0.1) is 5.41 Å². The molecule has 88 valence electrons. The zero-order valence-electron chi connectivity index (χ0n) is 9.39. The van der Waals surface area contributed by atoms with Gasteiger partial charge in [-0.2, -0.15) is 0 Å². The Balaban J connectivity index is 1.92. The van der Waals surface area contributed by atoms with Crippen LogP contribution in [0.2, 0.25) is 0 Å². The van der Waals surface area contributed by atoms with E-state index in [0.29, 0.717) is 5.57 Å². The Labute approximate surface area is 94.9 Å². The molecule has 0 amide bonds. The molecule has 2 N–H and O–H groups in total. The molecule has 0 saturated carbocycles. The van der Waals surface area contributed by atoms with Crippen LogP contribution in [0.25, 0.3) is 0 Å². The molecule has 0 aromatic carbocycles. The van der Waals surface area contributed by atoms with Gasteiger partial charge in [0.25, 0.3) is 0 Å². The first-order valence-electron chi connectivity index (χ1n) is 5.52. The van der Waals surface area contributed by atoms with Gasteiger partial charge in [0.1, 0.15) is 0 Å². The number of carbonyl (C=O) groups is 1. The largest absolute Gasteiger partial charge is 0.478 e. The predicted molar refractivity (Wildman–Crippen MR) is 60.0 cm³/mol. The maximum Gasteiger partial charge on any atom is 0.335 e. The summed E-state index contributed by atoms with van der Waals surface area (Å²) < 4.78 is 0. The third-order valence-corrected chi connectivity index (χ3v) is 3.22. The van der Waals surface area contributed by atoms with E-state index in [1.54, 1.807) is 12.2 Å². The summed E-state index contributed by atoms with van der Waals surface area (Å²) in [6.45, 7) is 4.46. The Morgan fingerprint density at radius 3 is 2.75 bits per heavy atom. The molecule has 1 atom stereocenters. The van der Waals surface area contributed by atoms with Crippen LogP contribution in [0.1, 0.15) is 13.3 Å².